The van der Waals surface area contributed by atoms with Gasteiger partial charge in [0.15, 0.2) is 5.76 Å². The first-order valence-corrected chi connectivity index (χ1v) is 11.8. The van der Waals surface area contributed by atoms with E-state index in [4.69, 9.17) is 9.15 Å². The zero-order valence-corrected chi connectivity index (χ0v) is 19.3. The standard InChI is InChI=1S/C25H28N2O4S/c1-3-4-13-26(25(29)21-6-5-15-31-21)17-23(28)27-14-11-22-20(12-16-32-22)24(27)18-7-9-19(30-2)10-8-18/h5-10,12,15-16,24H,3-4,11,13-14,17H2,1-2H3. The number of fused-ring (bicyclic) bond motifs is 1. The Morgan fingerprint density at radius 2 is 2.03 bits per heavy atom. The van der Waals surface area contributed by atoms with Crippen molar-refractivity contribution < 1.29 is 18.7 Å². The molecule has 0 bridgehead atoms. The number of amides is 2. The number of hydrogen-bond donors (Lipinski definition) is 0. The lowest BCUT2D eigenvalue weighted by Gasteiger charge is -2.37. The van der Waals surface area contributed by atoms with Crippen LogP contribution in [0.2, 0.25) is 0 Å². The molecule has 0 saturated carbocycles. The SMILES string of the molecule is CCCCN(CC(=O)N1CCc2sccc2C1c1ccc(OC)cc1)C(=O)c1ccco1. The number of carbonyl (C=O) groups is 2. The zero-order valence-electron chi connectivity index (χ0n) is 18.5. The van der Waals surface area contributed by atoms with E-state index in [-0.39, 0.29) is 30.2 Å². The molecule has 1 aromatic carbocycles. The third kappa shape index (κ3) is 4.58. The first kappa shape index (κ1) is 22.1. The molecule has 4 rings (SSSR count). The Bertz CT molecular complexity index is 1040. The fraction of sp³-hybridized carbons (Fsp3) is 0.360. The number of furan rings is 1. The maximum atomic E-state index is 13.6. The predicted molar refractivity (Wildman–Crippen MR) is 124 cm³/mol. The Morgan fingerprint density at radius 1 is 1.22 bits per heavy atom. The molecule has 1 aliphatic heterocycles. The Morgan fingerprint density at radius 3 is 2.72 bits per heavy atom. The smallest absolute Gasteiger partial charge is 0.290 e. The molecular formula is C25H28N2O4S. The van der Waals surface area contributed by atoms with Crippen molar-refractivity contribution in [3.05, 3.63) is 75.9 Å². The third-order valence-corrected chi connectivity index (χ3v) is 6.84. The van der Waals surface area contributed by atoms with Gasteiger partial charge in [0.1, 0.15) is 12.3 Å². The van der Waals surface area contributed by atoms with Crippen LogP contribution in [0.25, 0.3) is 0 Å². The lowest BCUT2D eigenvalue weighted by molar-refractivity contribution is -0.134. The second kappa shape index (κ2) is 10.0. The summed E-state index contributed by atoms with van der Waals surface area (Å²) in [7, 11) is 1.64. The van der Waals surface area contributed by atoms with Gasteiger partial charge in [0, 0.05) is 18.0 Å². The molecule has 3 heterocycles. The number of nitrogens with zero attached hydrogens (tertiary/aromatic N) is 2. The van der Waals surface area contributed by atoms with Crippen LogP contribution in [0, 0.1) is 0 Å². The molecule has 0 N–H and O–H groups in total. The van der Waals surface area contributed by atoms with Crippen molar-refractivity contribution in [2.24, 2.45) is 0 Å². The normalized spacial score (nSPS) is 15.3. The number of carbonyl (C=O) groups excluding carboxylic acids is 2. The van der Waals surface area contributed by atoms with E-state index in [1.807, 2.05) is 29.2 Å². The van der Waals surface area contributed by atoms with Crippen molar-refractivity contribution in [1.82, 2.24) is 9.80 Å². The van der Waals surface area contributed by atoms with Crippen LogP contribution in [0.15, 0.2) is 58.5 Å². The molecule has 2 amide bonds. The molecule has 0 saturated heterocycles. The Hall–Kier alpha value is -3.06. The topological polar surface area (TPSA) is 63.0 Å². The van der Waals surface area contributed by atoms with E-state index in [2.05, 4.69) is 18.4 Å². The fourth-order valence-electron chi connectivity index (χ4n) is 4.14. The highest BCUT2D eigenvalue weighted by Gasteiger charge is 2.34. The summed E-state index contributed by atoms with van der Waals surface area (Å²) in [6.45, 7) is 3.25. The summed E-state index contributed by atoms with van der Waals surface area (Å²) in [6.07, 6.45) is 4.07. The van der Waals surface area contributed by atoms with Crippen LogP contribution < -0.4 is 4.74 Å². The van der Waals surface area contributed by atoms with Crippen molar-refractivity contribution in [2.45, 2.75) is 32.2 Å². The Labute approximate surface area is 192 Å². The Kier molecular flexibility index (Phi) is 6.95. The quantitative estimate of drug-likeness (QED) is 0.494. The third-order valence-electron chi connectivity index (χ3n) is 5.84. The molecule has 1 unspecified atom stereocenters. The van der Waals surface area contributed by atoms with Crippen molar-refractivity contribution in [2.75, 3.05) is 26.7 Å². The first-order valence-electron chi connectivity index (χ1n) is 10.9. The number of rotatable bonds is 8. The van der Waals surface area contributed by atoms with Crippen LogP contribution in [0.3, 0.4) is 0 Å². The molecule has 3 aromatic rings. The van der Waals surface area contributed by atoms with Gasteiger partial charge in [0.25, 0.3) is 5.91 Å². The molecule has 7 heteroatoms. The average molecular weight is 453 g/mol. The highest BCUT2D eigenvalue weighted by molar-refractivity contribution is 7.10. The summed E-state index contributed by atoms with van der Waals surface area (Å²) in [5.41, 5.74) is 2.20. The summed E-state index contributed by atoms with van der Waals surface area (Å²) >= 11 is 1.73. The molecule has 0 spiro atoms. The number of hydrogen-bond acceptors (Lipinski definition) is 5. The van der Waals surface area contributed by atoms with Crippen molar-refractivity contribution >= 4 is 23.2 Å². The summed E-state index contributed by atoms with van der Waals surface area (Å²) in [5.74, 6) is 0.742. The lowest BCUT2D eigenvalue weighted by Crippen LogP contribution is -2.47. The van der Waals surface area contributed by atoms with Gasteiger partial charge in [-0.25, -0.2) is 0 Å². The van der Waals surface area contributed by atoms with E-state index < -0.39 is 0 Å². The highest BCUT2D eigenvalue weighted by Crippen LogP contribution is 2.38. The zero-order chi connectivity index (χ0) is 22.5. The number of benzene rings is 1. The number of ether oxygens (including phenoxy) is 1. The number of methoxy groups -OCH3 is 1. The van der Waals surface area contributed by atoms with Crippen LogP contribution in [0.5, 0.6) is 5.75 Å². The van der Waals surface area contributed by atoms with Gasteiger partial charge in [-0.3, -0.25) is 9.59 Å². The molecular weight excluding hydrogens is 424 g/mol. The van der Waals surface area contributed by atoms with Crippen molar-refractivity contribution in [3.63, 3.8) is 0 Å². The van der Waals surface area contributed by atoms with E-state index in [1.165, 1.54) is 11.1 Å². The first-order chi connectivity index (χ1) is 15.6. The van der Waals surface area contributed by atoms with E-state index in [0.717, 1.165) is 36.1 Å². The number of thiophene rings is 1. The largest absolute Gasteiger partial charge is 0.497 e. The summed E-state index contributed by atoms with van der Waals surface area (Å²) in [4.78, 5) is 31.4. The van der Waals surface area contributed by atoms with Crippen LogP contribution in [-0.2, 0) is 11.2 Å². The van der Waals surface area contributed by atoms with Gasteiger partial charge in [-0.1, -0.05) is 25.5 Å². The van der Waals surface area contributed by atoms with Gasteiger partial charge < -0.3 is 19.0 Å². The van der Waals surface area contributed by atoms with Crippen LogP contribution >= 0.6 is 11.3 Å². The minimum atomic E-state index is -0.244. The van der Waals surface area contributed by atoms with E-state index in [0.29, 0.717) is 13.1 Å². The van der Waals surface area contributed by atoms with E-state index in [1.54, 1.807) is 35.5 Å². The van der Waals surface area contributed by atoms with Crippen LogP contribution in [-0.4, -0.2) is 48.4 Å². The summed E-state index contributed by atoms with van der Waals surface area (Å²) in [6, 6.07) is 13.1. The predicted octanol–water partition coefficient (Wildman–Crippen LogP) is 4.77. The molecule has 1 aliphatic rings. The Balaban J connectivity index is 1.60. The second-order valence-electron chi connectivity index (χ2n) is 7.87. The number of unbranched alkanes of at least 4 members (excludes halogenated alkanes) is 1. The van der Waals surface area contributed by atoms with Crippen molar-refractivity contribution in [1.29, 1.82) is 0 Å². The minimum absolute atomic E-state index is 0.0334. The van der Waals surface area contributed by atoms with Gasteiger partial charge in [-0.05, 0) is 59.7 Å². The molecule has 32 heavy (non-hydrogen) atoms. The van der Waals surface area contributed by atoms with Crippen LogP contribution in [0.4, 0.5) is 0 Å². The second-order valence-corrected chi connectivity index (χ2v) is 8.87. The molecule has 0 fully saturated rings. The molecule has 0 radical (unpaired) electrons. The molecule has 0 aliphatic carbocycles. The van der Waals surface area contributed by atoms with Gasteiger partial charge in [0.05, 0.1) is 19.4 Å². The molecule has 2 aromatic heterocycles. The minimum Gasteiger partial charge on any atom is -0.497 e. The summed E-state index contributed by atoms with van der Waals surface area (Å²) in [5, 5.41) is 2.09. The van der Waals surface area contributed by atoms with Gasteiger partial charge in [-0.15, -0.1) is 11.3 Å². The average Bonchev–Trinajstić information content (AvgIpc) is 3.53. The van der Waals surface area contributed by atoms with Crippen molar-refractivity contribution in [3.8, 4) is 5.75 Å². The highest BCUT2D eigenvalue weighted by atomic mass is 32.1. The fourth-order valence-corrected chi connectivity index (χ4v) is 5.05. The lowest BCUT2D eigenvalue weighted by atomic mass is 9.93. The molecule has 168 valence electrons. The van der Waals surface area contributed by atoms with E-state index >= 15 is 0 Å². The van der Waals surface area contributed by atoms with Gasteiger partial charge in [-0.2, -0.15) is 0 Å². The van der Waals surface area contributed by atoms with Gasteiger partial charge >= 0.3 is 0 Å². The van der Waals surface area contributed by atoms with Crippen LogP contribution in [0.1, 0.15) is 52.4 Å². The maximum Gasteiger partial charge on any atom is 0.290 e. The van der Waals surface area contributed by atoms with E-state index in [9.17, 15) is 9.59 Å². The van der Waals surface area contributed by atoms with Gasteiger partial charge in [0.2, 0.25) is 5.91 Å². The maximum absolute atomic E-state index is 13.6. The monoisotopic (exact) mass is 452 g/mol. The summed E-state index contributed by atoms with van der Waals surface area (Å²) < 4.78 is 10.6. The molecule has 6 nitrogen and oxygen atoms in total. The molecule has 1 atom stereocenters.